The van der Waals surface area contributed by atoms with Crippen molar-refractivity contribution in [3.05, 3.63) is 72.5 Å². The fourth-order valence-electron chi connectivity index (χ4n) is 3.38. The van der Waals surface area contributed by atoms with E-state index in [4.69, 9.17) is 4.74 Å². The molecule has 0 radical (unpaired) electrons. The Balaban J connectivity index is 1.62. The summed E-state index contributed by atoms with van der Waals surface area (Å²) in [6.07, 6.45) is 5.93. The minimum atomic E-state index is -2.87. The maximum atomic E-state index is 14.8. The standard InChI is InChI=1S/C26H27F3O2/c1-2-3-4-5-6-17-30-22-12-9-20(10-13-22)24-16-11-21(18-25(24)27)19-7-14-23(15-8-19)31-26(28)29/h7-16,18,26H,2-6,17H2,1H3. The van der Waals surface area contributed by atoms with Gasteiger partial charge < -0.3 is 9.47 Å². The van der Waals surface area contributed by atoms with Crippen LogP contribution in [-0.2, 0) is 0 Å². The van der Waals surface area contributed by atoms with E-state index in [0.717, 1.165) is 23.3 Å². The minimum Gasteiger partial charge on any atom is -0.494 e. The summed E-state index contributed by atoms with van der Waals surface area (Å²) in [6, 6.07) is 18.5. The zero-order valence-electron chi connectivity index (χ0n) is 17.6. The number of rotatable bonds is 11. The van der Waals surface area contributed by atoms with E-state index in [2.05, 4.69) is 11.7 Å². The van der Waals surface area contributed by atoms with E-state index in [1.54, 1.807) is 18.2 Å². The van der Waals surface area contributed by atoms with E-state index in [1.165, 1.54) is 43.9 Å². The maximum Gasteiger partial charge on any atom is 0.387 e. The fraction of sp³-hybridized carbons (Fsp3) is 0.308. The normalized spacial score (nSPS) is 11.0. The van der Waals surface area contributed by atoms with Crippen LogP contribution in [0.5, 0.6) is 11.5 Å². The second kappa shape index (κ2) is 11.4. The van der Waals surface area contributed by atoms with Gasteiger partial charge in [-0.15, -0.1) is 0 Å². The first-order valence-electron chi connectivity index (χ1n) is 10.6. The molecular weight excluding hydrogens is 401 g/mol. The van der Waals surface area contributed by atoms with Gasteiger partial charge in [0.2, 0.25) is 0 Å². The van der Waals surface area contributed by atoms with Crippen LogP contribution in [0.2, 0.25) is 0 Å². The van der Waals surface area contributed by atoms with Gasteiger partial charge in [0.1, 0.15) is 17.3 Å². The van der Waals surface area contributed by atoms with Crippen LogP contribution in [0.15, 0.2) is 66.7 Å². The summed E-state index contributed by atoms with van der Waals surface area (Å²) in [5, 5.41) is 0. The lowest BCUT2D eigenvalue weighted by molar-refractivity contribution is -0.0498. The summed E-state index contributed by atoms with van der Waals surface area (Å²) >= 11 is 0. The average Bonchev–Trinajstić information content (AvgIpc) is 2.77. The Hall–Kier alpha value is -2.95. The van der Waals surface area contributed by atoms with Crippen LogP contribution in [0.4, 0.5) is 13.2 Å². The first kappa shape index (κ1) is 22.7. The van der Waals surface area contributed by atoms with E-state index in [9.17, 15) is 13.2 Å². The molecular formula is C26H27F3O2. The smallest absolute Gasteiger partial charge is 0.387 e. The van der Waals surface area contributed by atoms with Crippen LogP contribution < -0.4 is 9.47 Å². The molecule has 0 amide bonds. The van der Waals surface area contributed by atoms with Gasteiger partial charge >= 0.3 is 6.61 Å². The Morgan fingerprint density at radius 2 is 1.32 bits per heavy atom. The number of benzene rings is 3. The number of unbranched alkanes of at least 4 members (excludes halogenated alkanes) is 4. The van der Waals surface area contributed by atoms with Gasteiger partial charge in [0.05, 0.1) is 6.61 Å². The molecule has 0 spiro atoms. The number of halogens is 3. The van der Waals surface area contributed by atoms with Gasteiger partial charge in [0, 0.05) is 5.56 Å². The molecule has 2 nitrogen and oxygen atoms in total. The topological polar surface area (TPSA) is 18.5 Å². The molecule has 0 heterocycles. The second-order valence-corrected chi connectivity index (χ2v) is 7.38. The molecule has 0 N–H and O–H groups in total. The van der Waals surface area contributed by atoms with Crippen LogP contribution in [0.1, 0.15) is 39.0 Å². The summed E-state index contributed by atoms with van der Waals surface area (Å²) in [4.78, 5) is 0. The Labute approximate surface area is 181 Å². The molecule has 0 aliphatic rings. The number of alkyl halides is 2. The van der Waals surface area contributed by atoms with Crippen molar-refractivity contribution >= 4 is 0 Å². The molecule has 3 rings (SSSR count). The Bertz CT molecular complexity index is 938. The van der Waals surface area contributed by atoms with Gasteiger partial charge in [-0.3, -0.25) is 0 Å². The molecule has 0 fully saturated rings. The molecule has 0 saturated heterocycles. The third-order valence-corrected chi connectivity index (χ3v) is 5.06. The molecule has 0 atom stereocenters. The van der Waals surface area contributed by atoms with Crippen molar-refractivity contribution in [2.75, 3.05) is 6.61 Å². The molecule has 0 unspecified atom stereocenters. The largest absolute Gasteiger partial charge is 0.494 e. The van der Waals surface area contributed by atoms with Gasteiger partial charge in [-0.1, -0.05) is 69.0 Å². The van der Waals surface area contributed by atoms with Crippen LogP contribution >= 0.6 is 0 Å². The van der Waals surface area contributed by atoms with E-state index in [0.29, 0.717) is 17.7 Å². The summed E-state index contributed by atoms with van der Waals surface area (Å²) in [7, 11) is 0. The highest BCUT2D eigenvalue weighted by Crippen LogP contribution is 2.30. The summed E-state index contributed by atoms with van der Waals surface area (Å²) in [6.45, 7) is 0.0120. The zero-order chi connectivity index (χ0) is 22.1. The van der Waals surface area contributed by atoms with Crippen molar-refractivity contribution in [2.24, 2.45) is 0 Å². The fourth-order valence-corrected chi connectivity index (χ4v) is 3.38. The van der Waals surface area contributed by atoms with E-state index in [1.807, 2.05) is 30.3 Å². The lowest BCUT2D eigenvalue weighted by atomic mass is 9.99. The lowest BCUT2D eigenvalue weighted by Gasteiger charge is -2.10. The monoisotopic (exact) mass is 428 g/mol. The first-order chi connectivity index (χ1) is 15.1. The number of ether oxygens (including phenoxy) is 2. The Morgan fingerprint density at radius 1 is 0.710 bits per heavy atom. The SMILES string of the molecule is CCCCCCCOc1ccc(-c2ccc(-c3ccc(OC(F)F)cc3)cc2F)cc1. The minimum absolute atomic E-state index is 0.0686. The highest BCUT2D eigenvalue weighted by Gasteiger charge is 2.09. The van der Waals surface area contributed by atoms with Crippen LogP contribution in [-0.4, -0.2) is 13.2 Å². The van der Waals surface area contributed by atoms with Gasteiger partial charge in [-0.2, -0.15) is 8.78 Å². The molecule has 0 aliphatic carbocycles. The van der Waals surface area contributed by atoms with Crippen LogP contribution in [0, 0.1) is 5.82 Å². The molecule has 0 aromatic heterocycles. The maximum absolute atomic E-state index is 14.8. The quantitative estimate of drug-likeness (QED) is 0.287. The predicted molar refractivity (Wildman–Crippen MR) is 118 cm³/mol. The highest BCUT2D eigenvalue weighted by atomic mass is 19.3. The Kier molecular flexibility index (Phi) is 8.39. The number of hydrogen-bond donors (Lipinski definition) is 0. The summed E-state index contributed by atoms with van der Waals surface area (Å²) in [5.41, 5.74) is 2.63. The van der Waals surface area contributed by atoms with Crippen molar-refractivity contribution in [1.29, 1.82) is 0 Å². The van der Waals surface area contributed by atoms with Gasteiger partial charge in [0.25, 0.3) is 0 Å². The molecule has 3 aromatic carbocycles. The van der Waals surface area contributed by atoms with Crippen molar-refractivity contribution in [3.8, 4) is 33.8 Å². The second-order valence-electron chi connectivity index (χ2n) is 7.38. The summed E-state index contributed by atoms with van der Waals surface area (Å²) < 4.78 is 49.4. The molecule has 3 aromatic rings. The molecule has 31 heavy (non-hydrogen) atoms. The third kappa shape index (κ3) is 6.78. The van der Waals surface area contributed by atoms with E-state index < -0.39 is 6.61 Å². The van der Waals surface area contributed by atoms with E-state index >= 15 is 0 Å². The molecule has 0 saturated carbocycles. The molecule has 5 heteroatoms. The Morgan fingerprint density at radius 3 is 1.97 bits per heavy atom. The van der Waals surface area contributed by atoms with E-state index in [-0.39, 0.29) is 11.6 Å². The average molecular weight is 428 g/mol. The first-order valence-corrected chi connectivity index (χ1v) is 10.6. The molecule has 164 valence electrons. The van der Waals surface area contributed by atoms with Gasteiger partial charge in [-0.25, -0.2) is 4.39 Å². The van der Waals surface area contributed by atoms with Crippen LogP contribution in [0.3, 0.4) is 0 Å². The van der Waals surface area contributed by atoms with Crippen LogP contribution in [0.25, 0.3) is 22.3 Å². The number of hydrogen-bond acceptors (Lipinski definition) is 2. The summed E-state index contributed by atoms with van der Waals surface area (Å²) in [5.74, 6) is 0.497. The molecule has 0 aliphatic heterocycles. The van der Waals surface area contributed by atoms with Gasteiger partial charge in [-0.05, 0) is 53.4 Å². The third-order valence-electron chi connectivity index (χ3n) is 5.06. The lowest BCUT2D eigenvalue weighted by Crippen LogP contribution is -2.01. The highest BCUT2D eigenvalue weighted by molar-refractivity contribution is 5.71. The van der Waals surface area contributed by atoms with Gasteiger partial charge in [0.15, 0.2) is 0 Å². The van der Waals surface area contributed by atoms with Crippen molar-refractivity contribution < 1.29 is 22.6 Å². The van der Waals surface area contributed by atoms with Crippen molar-refractivity contribution in [1.82, 2.24) is 0 Å². The molecule has 0 bridgehead atoms. The van der Waals surface area contributed by atoms with Crippen molar-refractivity contribution in [2.45, 2.75) is 45.6 Å². The zero-order valence-corrected chi connectivity index (χ0v) is 17.6. The predicted octanol–water partition coefficient (Wildman–Crippen LogP) is 8.11. The van der Waals surface area contributed by atoms with Crippen molar-refractivity contribution in [3.63, 3.8) is 0 Å².